The van der Waals surface area contributed by atoms with E-state index in [2.05, 4.69) is 63.9 Å². The molecule has 5 rings (SSSR count). The lowest BCUT2D eigenvalue weighted by atomic mass is 10.00. The van der Waals surface area contributed by atoms with E-state index in [1.54, 1.807) is 18.5 Å². The number of carbonyl (C=O) groups is 1. The third kappa shape index (κ3) is 5.55. The zero-order valence-electron chi connectivity index (χ0n) is 19.5. The van der Waals surface area contributed by atoms with Crippen LogP contribution in [0.5, 0.6) is 5.75 Å². The number of hydrogen-bond donors (Lipinski definition) is 2. The number of amides is 1. The Hall–Kier alpha value is -4.45. The highest BCUT2D eigenvalue weighted by Crippen LogP contribution is 2.31. The molecule has 0 fully saturated rings. The quantitative estimate of drug-likeness (QED) is 0.375. The molecule has 2 N–H and O–H groups in total. The predicted molar refractivity (Wildman–Crippen MR) is 139 cm³/mol. The standard InChI is InChI=1S/C29H26N4O2/c1-20-3-7-22(8-4-20)23-9-12-27-25(17-23)18-24(13-16-35-27)28(34)33-26-10-5-21(6-11-26)19-32-29-30-14-2-15-31-29/h2-12,14-15,17-18H,13,16,19H2,1H3,(H,33,34)(H,30,31,32). The molecular weight excluding hydrogens is 436 g/mol. The van der Waals surface area contributed by atoms with Gasteiger partial charge in [-0.2, -0.15) is 0 Å². The predicted octanol–water partition coefficient (Wildman–Crippen LogP) is 5.87. The number of rotatable bonds is 6. The summed E-state index contributed by atoms with van der Waals surface area (Å²) in [7, 11) is 0. The molecular formula is C29H26N4O2. The van der Waals surface area contributed by atoms with E-state index in [4.69, 9.17) is 4.74 Å². The van der Waals surface area contributed by atoms with Crippen LogP contribution in [0, 0.1) is 6.92 Å². The van der Waals surface area contributed by atoms with E-state index in [0.717, 1.165) is 33.7 Å². The number of nitrogens with one attached hydrogen (secondary N) is 2. The van der Waals surface area contributed by atoms with Gasteiger partial charge in [-0.15, -0.1) is 0 Å². The number of benzene rings is 3. The van der Waals surface area contributed by atoms with E-state index in [1.165, 1.54) is 5.56 Å². The Morgan fingerprint density at radius 1 is 0.943 bits per heavy atom. The first kappa shape index (κ1) is 22.3. The average Bonchev–Trinajstić information content (AvgIpc) is 3.11. The molecule has 0 spiro atoms. The summed E-state index contributed by atoms with van der Waals surface area (Å²) >= 11 is 0. The Morgan fingerprint density at radius 3 is 2.46 bits per heavy atom. The van der Waals surface area contributed by atoms with Crippen LogP contribution in [0.4, 0.5) is 11.6 Å². The number of aromatic nitrogens is 2. The van der Waals surface area contributed by atoms with Gasteiger partial charge < -0.3 is 15.4 Å². The van der Waals surface area contributed by atoms with Gasteiger partial charge in [-0.1, -0.05) is 48.0 Å². The molecule has 1 aliphatic rings. The van der Waals surface area contributed by atoms with Gasteiger partial charge in [0, 0.05) is 42.2 Å². The van der Waals surface area contributed by atoms with Crippen LogP contribution in [0.3, 0.4) is 0 Å². The highest BCUT2D eigenvalue weighted by molar-refractivity contribution is 6.07. The molecule has 174 valence electrons. The van der Waals surface area contributed by atoms with Crippen LogP contribution < -0.4 is 15.4 Å². The minimum absolute atomic E-state index is 0.120. The number of fused-ring (bicyclic) bond motifs is 1. The van der Waals surface area contributed by atoms with Crippen molar-refractivity contribution in [2.75, 3.05) is 17.2 Å². The van der Waals surface area contributed by atoms with E-state index in [-0.39, 0.29) is 5.91 Å². The van der Waals surface area contributed by atoms with Crippen molar-refractivity contribution in [3.05, 3.63) is 107 Å². The lowest BCUT2D eigenvalue weighted by Gasteiger charge is -2.09. The van der Waals surface area contributed by atoms with E-state index in [1.807, 2.05) is 36.4 Å². The molecule has 0 radical (unpaired) electrons. The van der Waals surface area contributed by atoms with Crippen LogP contribution >= 0.6 is 0 Å². The maximum absolute atomic E-state index is 13.1. The number of ether oxygens (including phenoxy) is 1. The van der Waals surface area contributed by atoms with Gasteiger partial charge in [0.25, 0.3) is 5.91 Å². The Morgan fingerprint density at radius 2 is 1.69 bits per heavy atom. The van der Waals surface area contributed by atoms with E-state index in [0.29, 0.717) is 31.1 Å². The van der Waals surface area contributed by atoms with Crippen molar-refractivity contribution >= 4 is 23.6 Å². The minimum atomic E-state index is -0.120. The van der Waals surface area contributed by atoms with Gasteiger partial charge in [-0.05, 0) is 60.0 Å². The Balaban J connectivity index is 1.28. The molecule has 1 aliphatic heterocycles. The topological polar surface area (TPSA) is 76.1 Å². The minimum Gasteiger partial charge on any atom is -0.493 e. The van der Waals surface area contributed by atoms with Crippen LogP contribution in [-0.2, 0) is 11.3 Å². The summed E-state index contributed by atoms with van der Waals surface area (Å²) in [6.07, 6.45) is 5.87. The summed E-state index contributed by atoms with van der Waals surface area (Å²) in [5.41, 5.74) is 6.86. The molecule has 2 heterocycles. The monoisotopic (exact) mass is 462 g/mol. The van der Waals surface area contributed by atoms with Crippen LogP contribution in [0.25, 0.3) is 17.2 Å². The van der Waals surface area contributed by atoms with E-state index >= 15 is 0 Å². The molecule has 6 nitrogen and oxygen atoms in total. The van der Waals surface area contributed by atoms with Gasteiger partial charge in [-0.3, -0.25) is 4.79 Å². The molecule has 1 amide bonds. The fourth-order valence-corrected chi connectivity index (χ4v) is 3.92. The second kappa shape index (κ2) is 10.2. The lowest BCUT2D eigenvalue weighted by molar-refractivity contribution is -0.113. The first-order valence-electron chi connectivity index (χ1n) is 11.6. The normalized spacial score (nSPS) is 12.5. The van der Waals surface area contributed by atoms with Crippen LogP contribution in [0.1, 0.15) is 23.1 Å². The summed E-state index contributed by atoms with van der Waals surface area (Å²) in [5, 5.41) is 6.19. The highest BCUT2D eigenvalue weighted by Gasteiger charge is 2.16. The van der Waals surface area contributed by atoms with Gasteiger partial charge in [0.15, 0.2) is 0 Å². The fourth-order valence-electron chi connectivity index (χ4n) is 3.92. The number of anilines is 2. The molecule has 4 aromatic rings. The molecule has 1 aromatic heterocycles. The summed E-state index contributed by atoms with van der Waals surface area (Å²) in [5.74, 6) is 1.26. The van der Waals surface area contributed by atoms with Crippen molar-refractivity contribution < 1.29 is 9.53 Å². The third-order valence-corrected chi connectivity index (χ3v) is 5.87. The molecule has 0 saturated carbocycles. The number of aryl methyl sites for hydroxylation is 1. The van der Waals surface area contributed by atoms with Gasteiger partial charge in [0.1, 0.15) is 5.75 Å². The molecule has 0 bridgehead atoms. The smallest absolute Gasteiger partial charge is 0.251 e. The van der Waals surface area contributed by atoms with Crippen molar-refractivity contribution in [1.82, 2.24) is 9.97 Å². The first-order chi connectivity index (χ1) is 17.1. The molecule has 0 aliphatic carbocycles. The molecule has 0 unspecified atom stereocenters. The number of hydrogen-bond acceptors (Lipinski definition) is 5. The molecule has 35 heavy (non-hydrogen) atoms. The van der Waals surface area contributed by atoms with Crippen LogP contribution in [0.15, 0.2) is 90.8 Å². The fraction of sp³-hybridized carbons (Fsp3) is 0.138. The Labute approximate surface area is 204 Å². The summed E-state index contributed by atoms with van der Waals surface area (Å²) < 4.78 is 5.92. The largest absolute Gasteiger partial charge is 0.493 e. The maximum atomic E-state index is 13.1. The highest BCUT2D eigenvalue weighted by atomic mass is 16.5. The van der Waals surface area contributed by atoms with Crippen molar-refractivity contribution in [3.8, 4) is 16.9 Å². The van der Waals surface area contributed by atoms with Gasteiger partial charge in [0.05, 0.1) is 6.61 Å². The number of carbonyl (C=O) groups excluding carboxylic acids is 1. The molecule has 0 atom stereocenters. The van der Waals surface area contributed by atoms with Crippen molar-refractivity contribution in [1.29, 1.82) is 0 Å². The van der Waals surface area contributed by atoms with E-state index in [9.17, 15) is 4.79 Å². The second-order valence-corrected chi connectivity index (χ2v) is 8.46. The van der Waals surface area contributed by atoms with Gasteiger partial charge in [0.2, 0.25) is 5.95 Å². The maximum Gasteiger partial charge on any atom is 0.251 e. The Bertz CT molecular complexity index is 1350. The summed E-state index contributed by atoms with van der Waals surface area (Å²) in [6.45, 7) is 3.13. The molecule has 0 saturated heterocycles. The zero-order chi connectivity index (χ0) is 24.0. The van der Waals surface area contributed by atoms with Crippen LogP contribution in [-0.4, -0.2) is 22.5 Å². The van der Waals surface area contributed by atoms with Crippen molar-refractivity contribution in [3.63, 3.8) is 0 Å². The Kier molecular flexibility index (Phi) is 6.52. The van der Waals surface area contributed by atoms with Crippen LogP contribution in [0.2, 0.25) is 0 Å². The van der Waals surface area contributed by atoms with Crippen molar-refractivity contribution in [2.24, 2.45) is 0 Å². The zero-order valence-corrected chi connectivity index (χ0v) is 19.5. The SMILES string of the molecule is Cc1ccc(-c2ccc3c(c2)C=C(C(=O)Nc2ccc(CNc4ncccn4)cc2)CCO3)cc1. The average molecular weight is 463 g/mol. The van der Waals surface area contributed by atoms with Gasteiger partial charge in [-0.25, -0.2) is 9.97 Å². The summed E-state index contributed by atoms with van der Waals surface area (Å²) in [4.78, 5) is 21.4. The van der Waals surface area contributed by atoms with Crippen molar-refractivity contribution in [2.45, 2.75) is 19.9 Å². The van der Waals surface area contributed by atoms with E-state index < -0.39 is 0 Å². The van der Waals surface area contributed by atoms with Gasteiger partial charge >= 0.3 is 0 Å². The first-order valence-corrected chi connectivity index (χ1v) is 11.6. The molecule has 6 heteroatoms. The summed E-state index contributed by atoms with van der Waals surface area (Å²) in [6, 6.07) is 24.1. The third-order valence-electron chi connectivity index (χ3n) is 5.87. The second-order valence-electron chi connectivity index (χ2n) is 8.46. The molecule has 3 aromatic carbocycles. The lowest BCUT2D eigenvalue weighted by Crippen LogP contribution is -2.15. The number of nitrogens with zero attached hydrogens (tertiary/aromatic N) is 2.